The largest absolute Gasteiger partial charge is 0.527 e. The molecule has 0 unspecified atom stereocenters. The number of carbonyl (C=O) groups excluding carboxylic acids is 6. The Bertz CT molecular complexity index is 1650. The van der Waals surface area contributed by atoms with Crippen molar-refractivity contribution in [3.05, 3.63) is 42.1 Å². The number of piperazine rings is 1. The lowest BCUT2D eigenvalue weighted by molar-refractivity contribution is -0.157. The fraction of sp³-hybridized carbons (Fsp3) is 0.595. The maximum absolute atomic E-state index is 13.8. The van der Waals surface area contributed by atoms with Crippen molar-refractivity contribution in [2.24, 2.45) is 5.92 Å². The number of hydrogen-bond acceptors (Lipinski definition) is 12. The molecule has 2 saturated carbocycles. The SMILES string of the molecule is CCOC(=O)ON1CCN(C(=O)[C@H](CCC(=O)OCC2CC2)NC(=O)c2cc(OCC(=O)N3CCC[C@H]3C(=O)NC3CCC3)n(-c3ccccc3)n2)CC1. The number of aromatic nitrogens is 2. The first-order valence-corrected chi connectivity index (χ1v) is 18.9. The number of likely N-dealkylation sites (tertiary alicyclic amines) is 1. The first kappa shape index (κ1) is 38.5. The molecule has 4 fully saturated rings. The number of carbonyl (C=O) groups is 6. The zero-order chi connectivity index (χ0) is 38.0. The standard InChI is InChI=1S/C37H49N7O10/c1-2-51-37(50)54-42-20-18-41(19-21-42)36(49)28(15-16-33(46)53-23-25-13-14-25)39-34(47)29-22-32(44(40-29)27-10-4-3-5-11-27)52-24-31(45)43-17-7-12-30(43)35(48)38-26-8-6-9-26/h3-5,10-11,22,25-26,28,30H,2,6-9,12-21,23-24H2,1H3,(H,38,48)(H,39,47)/t28-,30-/m0/s1. The van der Waals surface area contributed by atoms with E-state index in [4.69, 9.17) is 19.0 Å². The highest BCUT2D eigenvalue weighted by atomic mass is 16.8. The summed E-state index contributed by atoms with van der Waals surface area (Å²) in [7, 11) is 0. The summed E-state index contributed by atoms with van der Waals surface area (Å²) in [5.41, 5.74) is 0.480. The van der Waals surface area contributed by atoms with Crippen LogP contribution in [0.25, 0.3) is 5.69 Å². The Hall–Kier alpha value is -5.19. The Labute approximate surface area is 313 Å². The van der Waals surface area contributed by atoms with Gasteiger partial charge < -0.3 is 39.5 Å². The summed E-state index contributed by atoms with van der Waals surface area (Å²) in [6.45, 7) is 3.06. The number of hydrogen-bond donors (Lipinski definition) is 2. The van der Waals surface area contributed by atoms with Crippen LogP contribution >= 0.6 is 0 Å². The molecule has 1 aromatic carbocycles. The van der Waals surface area contributed by atoms with Crippen LogP contribution < -0.4 is 15.4 Å². The van der Waals surface area contributed by atoms with E-state index < -0.39 is 36.0 Å². The second kappa shape index (κ2) is 18.2. The minimum absolute atomic E-state index is 0.0177. The summed E-state index contributed by atoms with van der Waals surface area (Å²) in [6, 6.07) is 8.80. The number of para-hydroxylation sites is 1. The first-order valence-electron chi connectivity index (χ1n) is 18.9. The number of benzene rings is 1. The third-order valence-corrected chi connectivity index (χ3v) is 10.0. The number of hydroxylamine groups is 2. The Balaban J connectivity index is 1.13. The van der Waals surface area contributed by atoms with Crippen molar-refractivity contribution in [1.29, 1.82) is 0 Å². The molecule has 4 aliphatic rings. The predicted molar refractivity (Wildman–Crippen MR) is 190 cm³/mol. The number of rotatable bonds is 16. The van der Waals surface area contributed by atoms with Gasteiger partial charge in [-0.2, -0.15) is 5.10 Å². The molecule has 6 rings (SSSR count). The number of nitrogens with zero attached hydrogens (tertiary/aromatic N) is 5. The summed E-state index contributed by atoms with van der Waals surface area (Å²) in [4.78, 5) is 86.5. The molecular formula is C37H49N7O10. The quantitative estimate of drug-likeness (QED) is 0.238. The van der Waals surface area contributed by atoms with E-state index in [1.165, 1.54) is 20.7 Å². The van der Waals surface area contributed by atoms with Crippen molar-refractivity contribution in [3.63, 3.8) is 0 Å². The van der Waals surface area contributed by atoms with Crippen LogP contribution in [0.5, 0.6) is 5.88 Å². The number of ether oxygens (including phenoxy) is 3. The molecule has 292 valence electrons. The molecule has 2 aliphatic carbocycles. The fourth-order valence-electron chi connectivity index (χ4n) is 6.53. The molecule has 1 aromatic heterocycles. The predicted octanol–water partition coefficient (Wildman–Crippen LogP) is 1.97. The second-order valence-electron chi connectivity index (χ2n) is 14.0. The first-order chi connectivity index (χ1) is 26.2. The second-order valence-corrected chi connectivity index (χ2v) is 14.0. The third-order valence-electron chi connectivity index (χ3n) is 10.0. The van der Waals surface area contributed by atoms with Gasteiger partial charge in [0.1, 0.15) is 12.1 Å². The fourth-order valence-corrected chi connectivity index (χ4v) is 6.53. The molecule has 2 N–H and O–H groups in total. The lowest BCUT2D eigenvalue weighted by atomic mass is 9.93. The van der Waals surface area contributed by atoms with Gasteiger partial charge in [-0.1, -0.05) is 18.2 Å². The number of esters is 1. The van der Waals surface area contributed by atoms with Gasteiger partial charge in [-0.3, -0.25) is 24.0 Å². The van der Waals surface area contributed by atoms with Gasteiger partial charge in [-0.05, 0) is 76.3 Å². The monoisotopic (exact) mass is 751 g/mol. The van der Waals surface area contributed by atoms with Crippen LogP contribution in [0.3, 0.4) is 0 Å². The van der Waals surface area contributed by atoms with E-state index in [1.54, 1.807) is 36.1 Å². The van der Waals surface area contributed by atoms with E-state index >= 15 is 0 Å². The summed E-state index contributed by atoms with van der Waals surface area (Å²) < 4.78 is 17.6. The number of amides is 4. The van der Waals surface area contributed by atoms with Gasteiger partial charge >= 0.3 is 12.1 Å². The molecule has 0 bridgehead atoms. The van der Waals surface area contributed by atoms with Gasteiger partial charge in [0, 0.05) is 38.2 Å². The minimum atomic E-state index is -1.10. The van der Waals surface area contributed by atoms with Gasteiger partial charge in [0.25, 0.3) is 11.8 Å². The van der Waals surface area contributed by atoms with Gasteiger partial charge in [0.15, 0.2) is 12.3 Å². The molecule has 17 heteroatoms. The minimum Gasteiger partial charge on any atom is -0.467 e. The van der Waals surface area contributed by atoms with Crippen LogP contribution in [0, 0.1) is 5.92 Å². The van der Waals surface area contributed by atoms with Crippen LogP contribution in [-0.4, -0.2) is 131 Å². The molecule has 4 amide bonds. The van der Waals surface area contributed by atoms with Crippen LogP contribution in [0.15, 0.2) is 36.4 Å². The lowest BCUT2D eigenvalue weighted by Gasteiger charge is -2.35. The molecule has 2 atom stereocenters. The van der Waals surface area contributed by atoms with E-state index in [0.29, 0.717) is 37.6 Å². The van der Waals surface area contributed by atoms with Crippen LogP contribution in [-0.2, 0) is 33.5 Å². The van der Waals surface area contributed by atoms with Crippen molar-refractivity contribution in [2.75, 3.05) is 52.5 Å². The summed E-state index contributed by atoms with van der Waals surface area (Å²) in [5.74, 6) is -1.60. The van der Waals surface area contributed by atoms with Crippen molar-refractivity contribution in [3.8, 4) is 11.6 Å². The van der Waals surface area contributed by atoms with Crippen LogP contribution in [0.2, 0.25) is 0 Å². The normalized spacial score (nSPS) is 19.3. The maximum Gasteiger partial charge on any atom is 0.527 e. The Morgan fingerprint density at radius 1 is 0.907 bits per heavy atom. The van der Waals surface area contributed by atoms with Crippen molar-refractivity contribution in [1.82, 2.24) is 35.3 Å². The molecule has 2 saturated heterocycles. The highest BCUT2D eigenvalue weighted by molar-refractivity contribution is 5.96. The molecule has 0 radical (unpaired) electrons. The maximum atomic E-state index is 13.8. The smallest absolute Gasteiger partial charge is 0.467 e. The Morgan fingerprint density at radius 3 is 2.35 bits per heavy atom. The summed E-state index contributed by atoms with van der Waals surface area (Å²) in [6.07, 6.45) is 5.34. The van der Waals surface area contributed by atoms with Gasteiger partial charge in [-0.15, -0.1) is 5.06 Å². The molecule has 17 nitrogen and oxygen atoms in total. The van der Waals surface area contributed by atoms with Gasteiger partial charge in [0.2, 0.25) is 17.7 Å². The van der Waals surface area contributed by atoms with Crippen LogP contribution in [0.1, 0.15) is 75.2 Å². The van der Waals surface area contributed by atoms with Crippen molar-refractivity contribution >= 4 is 35.8 Å². The number of nitrogens with one attached hydrogen (secondary N) is 2. The van der Waals surface area contributed by atoms with Crippen molar-refractivity contribution in [2.45, 2.75) is 82.8 Å². The van der Waals surface area contributed by atoms with Gasteiger partial charge in [0.05, 0.1) is 32.0 Å². The Kier molecular flexibility index (Phi) is 13.0. The molecule has 54 heavy (non-hydrogen) atoms. The highest BCUT2D eigenvalue weighted by Gasteiger charge is 2.36. The average molecular weight is 752 g/mol. The molecule has 2 aliphatic heterocycles. The van der Waals surface area contributed by atoms with Crippen molar-refractivity contribution < 1.29 is 47.8 Å². The third kappa shape index (κ3) is 10.3. The zero-order valence-corrected chi connectivity index (χ0v) is 30.6. The zero-order valence-electron chi connectivity index (χ0n) is 30.6. The summed E-state index contributed by atoms with van der Waals surface area (Å²) >= 11 is 0. The van der Waals surface area contributed by atoms with E-state index in [1.807, 2.05) is 6.07 Å². The van der Waals surface area contributed by atoms with E-state index in [-0.39, 0.29) is 81.7 Å². The van der Waals surface area contributed by atoms with E-state index in [2.05, 4.69) is 15.7 Å². The Morgan fingerprint density at radius 2 is 1.67 bits per heavy atom. The highest BCUT2D eigenvalue weighted by Crippen LogP contribution is 2.29. The molecule has 2 aromatic rings. The summed E-state index contributed by atoms with van der Waals surface area (Å²) in [5, 5.41) is 11.7. The van der Waals surface area contributed by atoms with E-state index in [0.717, 1.165) is 32.1 Å². The van der Waals surface area contributed by atoms with Crippen LogP contribution in [0.4, 0.5) is 4.79 Å². The van der Waals surface area contributed by atoms with E-state index in [9.17, 15) is 28.8 Å². The molecule has 0 spiro atoms. The molecule has 3 heterocycles. The molecular weight excluding hydrogens is 702 g/mol. The topological polar surface area (TPSA) is 191 Å². The lowest BCUT2D eigenvalue weighted by Crippen LogP contribution is -2.55. The average Bonchev–Trinajstić information content (AvgIpc) is 3.67. The van der Waals surface area contributed by atoms with Gasteiger partial charge in [-0.25, -0.2) is 9.48 Å².